The molecule has 1 atom stereocenters. The van der Waals surface area contributed by atoms with Crippen molar-refractivity contribution in [2.24, 2.45) is 0 Å². The van der Waals surface area contributed by atoms with Crippen LogP contribution in [-0.4, -0.2) is 18.4 Å². The van der Waals surface area contributed by atoms with E-state index in [0.717, 1.165) is 11.3 Å². The Morgan fingerprint density at radius 3 is 2.00 bits per heavy atom. The molecule has 3 aromatic carbocycles. The van der Waals surface area contributed by atoms with Crippen LogP contribution in [0.1, 0.15) is 28.4 Å². The normalized spacial score (nSPS) is 11.3. The molecule has 1 unspecified atom stereocenters. The number of anilines is 1. The fourth-order valence-corrected chi connectivity index (χ4v) is 3.14. The second kappa shape index (κ2) is 10.0. The van der Waals surface area contributed by atoms with Crippen molar-refractivity contribution in [1.29, 1.82) is 0 Å². The van der Waals surface area contributed by atoms with Gasteiger partial charge < -0.3 is 10.2 Å². The van der Waals surface area contributed by atoms with Crippen LogP contribution in [-0.2, 0) is 4.79 Å². The first kappa shape index (κ1) is 20.1. The molecule has 0 aliphatic rings. The number of hydrogen-bond acceptors (Lipinski definition) is 2. The second-order valence-corrected chi connectivity index (χ2v) is 6.64. The largest absolute Gasteiger partial charge is 0.345 e. The summed E-state index contributed by atoms with van der Waals surface area (Å²) in [6.45, 7) is 4.17. The molecule has 1 N–H and O–H groups in total. The fraction of sp³-hybridized carbons (Fsp3) is 0.120. The second-order valence-electron chi connectivity index (χ2n) is 6.64. The minimum absolute atomic E-state index is 0.0849. The van der Waals surface area contributed by atoms with Gasteiger partial charge in [0, 0.05) is 17.8 Å². The number of hydrogen-bond donors (Lipinski definition) is 1. The predicted octanol–water partition coefficient (Wildman–Crippen LogP) is 4.77. The van der Waals surface area contributed by atoms with Crippen LogP contribution in [0.5, 0.6) is 0 Å². The van der Waals surface area contributed by atoms with Crippen molar-refractivity contribution in [3.63, 3.8) is 0 Å². The zero-order chi connectivity index (χ0) is 20.5. The van der Waals surface area contributed by atoms with Gasteiger partial charge in [0.25, 0.3) is 5.91 Å². The first-order valence-electron chi connectivity index (χ1n) is 9.56. The molecule has 0 spiro atoms. The molecular formula is C25H24N2O2. The number of nitrogens with zero attached hydrogens (tertiary/aromatic N) is 1. The van der Waals surface area contributed by atoms with Crippen molar-refractivity contribution in [1.82, 2.24) is 5.32 Å². The van der Waals surface area contributed by atoms with E-state index < -0.39 is 6.04 Å². The highest BCUT2D eigenvalue weighted by atomic mass is 16.2. The minimum Gasteiger partial charge on any atom is -0.345 e. The van der Waals surface area contributed by atoms with Crippen LogP contribution < -0.4 is 10.2 Å². The molecule has 3 aromatic rings. The first-order chi connectivity index (χ1) is 14.2. The summed E-state index contributed by atoms with van der Waals surface area (Å²) in [7, 11) is 0. The number of carbonyl (C=O) groups is 2. The number of nitrogens with one attached hydrogen (secondary N) is 1. The highest BCUT2D eigenvalue weighted by Crippen LogP contribution is 2.22. The van der Waals surface area contributed by atoms with Crippen LogP contribution in [0.25, 0.3) is 0 Å². The third-order valence-corrected chi connectivity index (χ3v) is 4.60. The molecule has 0 saturated carbocycles. The summed E-state index contributed by atoms with van der Waals surface area (Å²) in [6.07, 6.45) is 1.84. The third-order valence-electron chi connectivity index (χ3n) is 4.60. The average molecular weight is 384 g/mol. The maximum absolute atomic E-state index is 13.2. The average Bonchev–Trinajstić information content (AvgIpc) is 2.78. The Morgan fingerprint density at radius 1 is 0.862 bits per heavy atom. The summed E-state index contributed by atoms with van der Waals surface area (Å²) in [5.74, 6) is -0.291. The molecule has 29 heavy (non-hydrogen) atoms. The van der Waals surface area contributed by atoms with E-state index in [1.54, 1.807) is 23.1 Å². The maximum Gasteiger partial charge on any atom is 0.251 e. The lowest BCUT2D eigenvalue weighted by atomic mass is 10.0. The van der Waals surface area contributed by atoms with Crippen LogP contribution in [0, 0.1) is 0 Å². The van der Waals surface area contributed by atoms with Crippen LogP contribution in [0.3, 0.4) is 0 Å². The van der Waals surface area contributed by atoms with Crippen molar-refractivity contribution in [2.45, 2.75) is 12.5 Å². The molecule has 0 aliphatic carbocycles. The van der Waals surface area contributed by atoms with Crippen LogP contribution in [0.2, 0.25) is 0 Å². The summed E-state index contributed by atoms with van der Waals surface area (Å²) in [5.41, 5.74) is 2.25. The van der Waals surface area contributed by atoms with E-state index in [-0.39, 0.29) is 18.2 Å². The van der Waals surface area contributed by atoms with Crippen molar-refractivity contribution < 1.29 is 9.59 Å². The molecule has 0 saturated heterocycles. The topological polar surface area (TPSA) is 49.4 Å². The summed E-state index contributed by atoms with van der Waals surface area (Å²) >= 11 is 0. The van der Waals surface area contributed by atoms with Gasteiger partial charge in [0.1, 0.15) is 0 Å². The molecular weight excluding hydrogens is 360 g/mol. The Hall–Kier alpha value is -3.66. The minimum atomic E-state index is -0.438. The molecule has 0 radical (unpaired) electrons. The lowest BCUT2D eigenvalue weighted by Gasteiger charge is -2.25. The molecule has 146 valence electrons. The van der Waals surface area contributed by atoms with E-state index in [0.29, 0.717) is 12.1 Å². The van der Waals surface area contributed by atoms with Gasteiger partial charge in [0.05, 0.1) is 12.5 Å². The van der Waals surface area contributed by atoms with Crippen LogP contribution in [0.4, 0.5) is 5.69 Å². The van der Waals surface area contributed by atoms with Gasteiger partial charge in [-0.2, -0.15) is 0 Å². The monoisotopic (exact) mass is 384 g/mol. The Bertz CT molecular complexity index is 940. The summed E-state index contributed by atoms with van der Waals surface area (Å²) in [6, 6.07) is 27.6. The third kappa shape index (κ3) is 5.42. The van der Waals surface area contributed by atoms with Gasteiger partial charge in [-0.25, -0.2) is 0 Å². The van der Waals surface area contributed by atoms with Gasteiger partial charge in [-0.15, -0.1) is 6.58 Å². The van der Waals surface area contributed by atoms with E-state index in [9.17, 15) is 9.59 Å². The molecule has 0 bridgehead atoms. The fourth-order valence-electron chi connectivity index (χ4n) is 3.14. The van der Waals surface area contributed by atoms with Gasteiger partial charge in [0.15, 0.2) is 0 Å². The smallest absolute Gasteiger partial charge is 0.251 e. The van der Waals surface area contributed by atoms with Gasteiger partial charge >= 0.3 is 0 Å². The van der Waals surface area contributed by atoms with Gasteiger partial charge in [-0.05, 0) is 29.8 Å². The Labute approximate surface area is 171 Å². The number of rotatable bonds is 8. The van der Waals surface area contributed by atoms with E-state index in [1.807, 2.05) is 78.9 Å². The highest BCUT2D eigenvalue weighted by molar-refractivity contribution is 5.96. The zero-order valence-electron chi connectivity index (χ0n) is 16.2. The molecule has 0 fully saturated rings. The summed E-state index contributed by atoms with van der Waals surface area (Å²) in [4.78, 5) is 27.6. The number of amides is 2. The number of carbonyl (C=O) groups excluding carboxylic acids is 2. The molecule has 2 amide bonds. The predicted molar refractivity (Wildman–Crippen MR) is 117 cm³/mol. The van der Waals surface area contributed by atoms with Crippen LogP contribution >= 0.6 is 0 Å². The SMILES string of the molecule is C=CCN(C(=O)CC(NC(=O)c1ccccc1)c1ccccc1)c1ccccc1. The van der Waals surface area contributed by atoms with E-state index in [2.05, 4.69) is 11.9 Å². The van der Waals surface area contributed by atoms with Gasteiger partial charge in [-0.3, -0.25) is 9.59 Å². The molecule has 0 aromatic heterocycles. The Morgan fingerprint density at radius 2 is 1.41 bits per heavy atom. The lowest BCUT2D eigenvalue weighted by Crippen LogP contribution is -2.36. The first-order valence-corrected chi connectivity index (χ1v) is 9.56. The lowest BCUT2D eigenvalue weighted by molar-refractivity contribution is -0.119. The standard InChI is InChI=1S/C25H24N2O2/c1-2-18-27(22-16-10-5-11-17-22)24(28)19-23(20-12-6-3-7-13-20)26-25(29)21-14-8-4-9-15-21/h2-17,23H,1,18-19H2,(H,26,29). The highest BCUT2D eigenvalue weighted by Gasteiger charge is 2.23. The molecule has 0 heterocycles. The summed E-state index contributed by atoms with van der Waals surface area (Å²) < 4.78 is 0. The van der Waals surface area contributed by atoms with Crippen molar-refractivity contribution in [3.05, 3.63) is 115 Å². The molecule has 4 nitrogen and oxygen atoms in total. The van der Waals surface area contributed by atoms with E-state index in [4.69, 9.17) is 0 Å². The number of para-hydroxylation sites is 1. The van der Waals surface area contributed by atoms with E-state index in [1.165, 1.54) is 0 Å². The van der Waals surface area contributed by atoms with Crippen molar-refractivity contribution in [3.8, 4) is 0 Å². The van der Waals surface area contributed by atoms with Gasteiger partial charge in [0.2, 0.25) is 5.91 Å². The number of benzene rings is 3. The molecule has 4 heteroatoms. The van der Waals surface area contributed by atoms with Crippen LogP contribution in [0.15, 0.2) is 104 Å². The Balaban J connectivity index is 1.83. The quantitative estimate of drug-likeness (QED) is 0.569. The Kier molecular flexibility index (Phi) is 6.95. The summed E-state index contributed by atoms with van der Waals surface area (Å²) in [5, 5.41) is 3.02. The van der Waals surface area contributed by atoms with Crippen molar-refractivity contribution >= 4 is 17.5 Å². The van der Waals surface area contributed by atoms with Gasteiger partial charge in [-0.1, -0.05) is 72.8 Å². The maximum atomic E-state index is 13.2. The van der Waals surface area contributed by atoms with E-state index >= 15 is 0 Å². The zero-order valence-corrected chi connectivity index (χ0v) is 16.2. The molecule has 0 aliphatic heterocycles. The van der Waals surface area contributed by atoms with Crippen molar-refractivity contribution in [2.75, 3.05) is 11.4 Å². The molecule has 3 rings (SSSR count).